The fourth-order valence-electron chi connectivity index (χ4n) is 1.95. The third-order valence-corrected chi connectivity index (χ3v) is 3.54. The Labute approximate surface area is 117 Å². The van der Waals surface area contributed by atoms with Gasteiger partial charge in [0.1, 0.15) is 19.3 Å². The second-order valence-electron chi connectivity index (χ2n) is 3.92. The lowest BCUT2D eigenvalue weighted by Gasteiger charge is -2.21. The van der Waals surface area contributed by atoms with Gasteiger partial charge in [0, 0.05) is 0 Å². The van der Waals surface area contributed by atoms with E-state index in [1.807, 2.05) is 6.07 Å². The number of carbonyl (C=O) groups is 1. The summed E-state index contributed by atoms with van der Waals surface area (Å²) in [6, 6.07) is 3.15. The van der Waals surface area contributed by atoms with Crippen molar-refractivity contribution in [1.82, 2.24) is 10.6 Å². The van der Waals surface area contributed by atoms with E-state index in [-0.39, 0.29) is 5.91 Å². The number of halogens is 1. The van der Waals surface area contributed by atoms with E-state index < -0.39 is 6.04 Å². The van der Waals surface area contributed by atoms with Gasteiger partial charge in [-0.1, -0.05) is 0 Å². The van der Waals surface area contributed by atoms with Gasteiger partial charge in [0.15, 0.2) is 16.6 Å². The fraction of sp³-hybridized carbons (Fsp3) is 0.273. The molecule has 0 aromatic heterocycles. The molecule has 0 bridgehead atoms. The molecule has 0 aliphatic carbocycles. The van der Waals surface area contributed by atoms with Gasteiger partial charge in [-0.2, -0.15) is 0 Å². The molecule has 94 valence electrons. The molecule has 1 amide bonds. The molecular formula is C11H9BrN2O3S. The van der Waals surface area contributed by atoms with Crippen LogP contribution in [0.4, 0.5) is 0 Å². The lowest BCUT2D eigenvalue weighted by atomic mass is 10.1. The highest BCUT2D eigenvalue weighted by atomic mass is 79.9. The maximum Gasteiger partial charge on any atom is 0.253 e. The summed E-state index contributed by atoms with van der Waals surface area (Å²) in [7, 11) is 0. The number of amides is 1. The fourth-order valence-corrected chi connectivity index (χ4v) is 2.74. The van der Waals surface area contributed by atoms with E-state index in [0.717, 1.165) is 10.0 Å². The number of rotatable bonds is 1. The number of nitrogens with one attached hydrogen (secondary N) is 2. The summed E-state index contributed by atoms with van der Waals surface area (Å²) in [4.78, 5) is 11.7. The highest BCUT2D eigenvalue weighted by Crippen LogP contribution is 2.40. The molecule has 5 nitrogen and oxygen atoms in total. The molecule has 2 aliphatic heterocycles. The monoisotopic (exact) mass is 328 g/mol. The SMILES string of the molecule is O=C1NC(=S)NC1c1cc(Br)c2c(c1)OCCO2. The summed E-state index contributed by atoms with van der Waals surface area (Å²) in [5, 5.41) is 5.81. The molecule has 7 heteroatoms. The van der Waals surface area contributed by atoms with Crippen molar-refractivity contribution in [2.45, 2.75) is 6.04 Å². The second kappa shape index (κ2) is 4.40. The minimum absolute atomic E-state index is 0.163. The first-order chi connectivity index (χ1) is 8.65. The maximum atomic E-state index is 11.7. The zero-order valence-corrected chi connectivity index (χ0v) is 11.6. The normalized spacial score (nSPS) is 21.5. The lowest BCUT2D eigenvalue weighted by molar-refractivity contribution is -0.120. The Balaban J connectivity index is 2.01. The van der Waals surface area contributed by atoms with Crippen molar-refractivity contribution in [2.24, 2.45) is 0 Å². The molecule has 2 aliphatic rings. The Morgan fingerprint density at radius 3 is 2.83 bits per heavy atom. The summed E-state index contributed by atoms with van der Waals surface area (Å²) in [5.41, 5.74) is 0.781. The van der Waals surface area contributed by atoms with Gasteiger partial charge in [0.25, 0.3) is 5.91 Å². The summed E-state index contributed by atoms with van der Waals surface area (Å²) >= 11 is 8.33. The van der Waals surface area contributed by atoms with Crippen LogP contribution in [0.1, 0.15) is 11.6 Å². The van der Waals surface area contributed by atoms with Crippen LogP contribution in [0.5, 0.6) is 11.5 Å². The van der Waals surface area contributed by atoms with Gasteiger partial charge in [-0.3, -0.25) is 4.79 Å². The van der Waals surface area contributed by atoms with E-state index in [2.05, 4.69) is 26.6 Å². The average molecular weight is 329 g/mol. The zero-order chi connectivity index (χ0) is 12.7. The lowest BCUT2D eigenvalue weighted by Crippen LogP contribution is -2.22. The highest BCUT2D eigenvalue weighted by Gasteiger charge is 2.30. The molecule has 1 aromatic carbocycles. The largest absolute Gasteiger partial charge is 0.486 e. The Morgan fingerprint density at radius 2 is 2.11 bits per heavy atom. The predicted molar refractivity (Wildman–Crippen MR) is 71.7 cm³/mol. The first kappa shape index (κ1) is 11.7. The first-order valence-corrected chi connectivity index (χ1v) is 6.55. The van der Waals surface area contributed by atoms with Crippen molar-refractivity contribution in [1.29, 1.82) is 0 Å². The average Bonchev–Trinajstić information content (AvgIpc) is 2.68. The quantitative estimate of drug-likeness (QED) is 0.760. The van der Waals surface area contributed by atoms with Crippen molar-refractivity contribution in [3.05, 3.63) is 22.2 Å². The van der Waals surface area contributed by atoms with E-state index in [4.69, 9.17) is 21.7 Å². The summed E-state index contributed by atoms with van der Waals surface area (Å²) < 4.78 is 11.8. The minimum atomic E-state index is -0.482. The third kappa shape index (κ3) is 1.93. The molecule has 3 rings (SSSR count). The Kier molecular flexibility index (Phi) is 2.87. The van der Waals surface area contributed by atoms with Crippen LogP contribution in [0.25, 0.3) is 0 Å². The van der Waals surface area contributed by atoms with Crippen molar-refractivity contribution in [3.63, 3.8) is 0 Å². The second-order valence-corrected chi connectivity index (χ2v) is 5.19. The molecular weight excluding hydrogens is 320 g/mol. The Hall–Kier alpha value is -1.34. The molecule has 1 unspecified atom stereocenters. The molecule has 0 saturated carbocycles. The summed E-state index contributed by atoms with van der Waals surface area (Å²) in [6.45, 7) is 1.03. The van der Waals surface area contributed by atoms with Crippen molar-refractivity contribution in [2.75, 3.05) is 13.2 Å². The van der Waals surface area contributed by atoms with Crippen LogP contribution in [0.3, 0.4) is 0 Å². The van der Waals surface area contributed by atoms with E-state index in [1.54, 1.807) is 6.07 Å². The number of ether oxygens (including phenoxy) is 2. The molecule has 1 aromatic rings. The molecule has 1 fully saturated rings. The van der Waals surface area contributed by atoms with E-state index in [0.29, 0.717) is 29.8 Å². The molecule has 2 N–H and O–H groups in total. The number of fused-ring (bicyclic) bond motifs is 1. The molecule has 1 saturated heterocycles. The Bertz CT molecular complexity index is 549. The van der Waals surface area contributed by atoms with E-state index >= 15 is 0 Å². The van der Waals surface area contributed by atoms with Crippen molar-refractivity contribution in [3.8, 4) is 11.5 Å². The number of thiocarbonyl (C=S) groups is 1. The number of benzene rings is 1. The van der Waals surface area contributed by atoms with Crippen molar-refractivity contribution >= 4 is 39.2 Å². The van der Waals surface area contributed by atoms with Crippen LogP contribution in [-0.4, -0.2) is 24.2 Å². The van der Waals surface area contributed by atoms with Gasteiger partial charge >= 0.3 is 0 Å². The Morgan fingerprint density at radius 1 is 1.33 bits per heavy atom. The van der Waals surface area contributed by atoms with E-state index in [9.17, 15) is 4.79 Å². The zero-order valence-electron chi connectivity index (χ0n) is 9.16. The smallest absolute Gasteiger partial charge is 0.253 e. The topological polar surface area (TPSA) is 59.6 Å². The standard InChI is InChI=1S/C11H9BrN2O3S/c12-6-3-5(8-10(15)14-11(18)13-8)4-7-9(6)17-2-1-16-7/h3-4,8H,1-2H2,(H2,13,14,15,18). The molecule has 2 heterocycles. The van der Waals surface area contributed by atoms with Gasteiger partial charge in [0.05, 0.1) is 4.47 Å². The van der Waals surface area contributed by atoms with Crippen LogP contribution >= 0.6 is 28.1 Å². The van der Waals surface area contributed by atoms with Gasteiger partial charge in [-0.15, -0.1) is 0 Å². The van der Waals surface area contributed by atoms with Crippen molar-refractivity contribution < 1.29 is 14.3 Å². The third-order valence-electron chi connectivity index (χ3n) is 2.73. The summed E-state index contributed by atoms with van der Waals surface area (Å²) in [5.74, 6) is 1.15. The number of hydrogen-bond acceptors (Lipinski definition) is 4. The van der Waals surface area contributed by atoms with Crippen LogP contribution in [0.2, 0.25) is 0 Å². The van der Waals surface area contributed by atoms with Gasteiger partial charge < -0.3 is 20.1 Å². The van der Waals surface area contributed by atoms with Crippen LogP contribution in [-0.2, 0) is 4.79 Å². The number of hydrogen-bond donors (Lipinski definition) is 2. The van der Waals surface area contributed by atoms with Gasteiger partial charge in [-0.05, 0) is 45.8 Å². The van der Waals surface area contributed by atoms with Gasteiger partial charge in [-0.25, -0.2) is 0 Å². The predicted octanol–water partition coefficient (Wildman–Crippen LogP) is 1.27. The van der Waals surface area contributed by atoms with Crippen LogP contribution in [0, 0.1) is 0 Å². The highest BCUT2D eigenvalue weighted by molar-refractivity contribution is 9.10. The van der Waals surface area contributed by atoms with E-state index in [1.165, 1.54) is 0 Å². The molecule has 0 radical (unpaired) electrons. The first-order valence-electron chi connectivity index (χ1n) is 5.35. The summed E-state index contributed by atoms with van der Waals surface area (Å²) in [6.07, 6.45) is 0. The molecule has 1 atom stereocenters. The maximum absolute atomic E-state index is 11.7. The van der Waals surface area contributed by atoms with Crippen LogP contribution in [0.15, 0.2) is 16.6 Å². The van der Waals surface area contributed by atoms with Gasteiger partial charge in [0.2, 0.25) is 0 Å². The minimum Gasteiger partial charge on any atom is -0.486 e. The van der Waals surface area contributed by atoms with Crippen LogP contribution < -0.4 is 20.1 Å². The molecule has 0 spiro atoms. The molecule has 18 heavy (non-hydrogen) atoms. The number of carbonyl (C=O) groups excluding carboxylic acids is 1.